The van der Waals surface area contributed by atoms with E-state index in [1.54, 1.807) is 0 Å². The standard InChI is InChI=1S/C24H35NO3/c1-4-25(5-2)22(27)14-16-13-21-20-8-6-15-12-17(26)7-9-18(15)19(20)10-11-24(21,3)23(16)28/h7,9,12,16,19-21,23,26,28H,4-6,8,10-11,13-14H2,1-3H3/t16?,19?,20?,21?,23-,24-/m0/s1. The Bertz CT molecular complexity index is 743. The van der Waals surface area contributed by atoms with Gasteiger partial charge >= 0.3 is 0 Å². The number of carbonyl (C=O) groups excluding carboxylic acids is 1. The van der Waals surface area contributed by atoms with Crippen molar-refractivity contribution in [2.75, 3.05) is 13.1 Å². The van der Waals surface area contributed by atoms with Crippen molar-refractivity contribution in [2.24, 2.45) is 23.2 Å². The fourth-order valence-corrected chi connectivity index (χ4v) is 6.85. The van der Waals surface area contributed by atoms with E-state index in [0.29, 0.717) is 29.9 Å². The van der Waals surface area contributed by atoms with E-state index < -0.39 is 0 Å². The van der Waals surface area contributed by atoms with Gasteiger partial charge in [-0.25, -0.2) is 0 Å². The molecule has 1 aromatic carbocycles. The molecule has 2 N–H and O–H groups in total. The van der Waals surface area contributed by atoms with Gasteiger partial charge in [0.25, 0.3) is 0 Å². The van der Waals surface area contributed by atoms with Crippen LogP contribution in [-0.2, 0) is 11.2 Å². The fourth-order valence-electron chi connectivity index (χ4n) is 6.85. The van der Waals surface area contributed by atoms with Crippen molar-refractivity contribution in [3.05, 3.63) is 29.3 Å². The summed E-state index contributed by atoms with van der Waals surface area (Å²) >= 11 is 0. The Labute approximate surface area is 168 Å². The molecule has 3 aliphatic carbocycles. The first-order valence-corrected chi connectivity index (χ1v) is 11.2. The Morgan fingerprint density at radius 2 is 2.00 bits per heavy atom. The van der Waals surface area contributed by atoms with Gasteiger partial charge in [0.2, 0.25) is 5.91 Å². The Kier molecular flexibility index (Phi) is 5.20. The van der Waals surface area contributed by atoms with Gasteiger partial charge in [0.05, 0.1) is 6.10 Å². The lowest BCUT2D eigenvalue weighted by atomic mass is 9.55. The smallest absolute Gasteiger partial charge is 0.222 e. The molecule has 2 saturated carbocycles. The molecular weight excluding hydrogens is 350 g/mol. The van der Waals surface area contributed by atoms with Gasteiger partial charge in [0, 0.05) is 19.5 Å². The van der Waals surface area contributed by atoms with Gasteiger partial charge < -0.3 is 15.1 Å². The third-order valence-corrected chi connectivity index (χ3v) is 8.38. The summed E-state index contributed by atoms with van der Waals surface area (Å²) in [5.41, 5.74) is 2.65. The van der Waals surface area contributed by atoms with Crippen LogP contribution in [0.4, 0.5) is 0 Å². The molecule has 1 aromatic rings. The van der Waals surface area contributed by atoms with Crippen molar-refractivity contribution in [2.45, 2.75) is 71.3 Å². The zero-order chi connectivity index (χ0) is 20.1. The number of amides is 1. The summed E-state index contributed by atoms with van der Waals surface area (Å²) in [6.45, 7) is 7.80. The number of rotatable bonds is 4. The first-order chi connectivity index (χ1) is 13.4. The molecule has 0 spiro atoms. The summed E-state index contributed by atoms with van der Waals surface area (Å²) in [5.74, 6) is 2.24. The molecular formula is C24H35NO3. The van der Waals surface area contributed by atoms with Crippen molar-refractivity contribution in [1.29, 1.82) is 0 Å². The van der Waals surface area contributed by atoms with E-state index in [-0.39, 0.29) is 23.3 Å². The maximum atomic E-state index is 12.7. The zero-order valence-electron chi connectivity index (χ0n) is 17.5. The van der Waals surface area contributed by atoms with E-state index in [2.05, 4.69) is 13.0 Å². The van der Waals surface area contributed by atoms with E-state index in [1.807, 2.05) is 30.9 Å². The molecule has 28 heavy (non-hydrogen) atoms. The highest BCUT2D eigenvalue weighted by molar-refractivity contribution is 5.76. The second kappa shape index (κ2) is 7.37. The minimum absolute atomic E-state index is 0.0657. The van der Waals surface area contributed by atoms with Crippen LogP contribution in [0, 0.1) is 23.2 Å². The molecule has 0 aromatic heterocycles. The molecule has 6 atom stereocenters. The van der Waals surface area contributed by atoms with Crippen molar-refractivity contribution < 1.29 is 15.0 Å². The number of phenolic OH excluding ortho intramolecular Hbond substituents is 1. The number of nitrogens with zero attached hydrogens (tertiary/aromatic N) is 1. The number of aromatic hydroxyl groups is 1. The fraction of sp³-hybridized carbons (Fsp3) is 0.708. The Morgan fingerprint density at radius 3 is 2.71 bits per heavy atom. The number of aliphatic hydroxyl groups excluding tert-OH is 1. The van der Waals surface area contributed by atoms with Gasteiger partial charge in [-0.05, 0) is 98.3 Å². The lowest BCUT2D eigenvalue weighted by Gasteiger charge is -2.50. The third-order valence-electron chi connectivity index (χ3n) is 8.38. The van der Waals surface area contributed by atoms with Gasteiger partial charge in [0.15, 0.2) is 0 Å². The number of hydrogen-bond donors (Lipinski definition) is 2. The Balaban J connectivity index is 1.55. The summed E-state index contributed by atoms with van der Waals surface area (Å²) < 4.78 is 0. The highest BCUT2D eigenvalue weighted by Crippen LogP contribution is 2.62. The summed E-state index contributed by atoms with van der Waals surface area (Å²) in [4.78, 5) is 14.6. The highest BCUT2D eigenvalue weighted by Gasteiger charge is 2.58. The van der Waals surface area contributed by atoms with E-state index in [9.17, 15) is 15.0 Å². The van der Waals surface area contributed by atoms with Gasteiger partial charge in [-0.2, -0.15) is 0 Å². The molecule has 2 fully saturated rings. The minimum atomic E-state index is -0.376. The lowest BCUT2D eigenvalue weighted by molar-refractivity contribution is -0.133. The lowest BCUT2D eigenvalue weighted by Crippen LogP contribution is -2.44. The van der Waals surface area contributed by atoms with E-state index in [4.69, 9.17) is 0 Å². The van der Waals surface area contributed by atoms with E-state index in [1.165, 1.54) is 11.1 Å². The molecule has 3 aliphatic rings. The Hall–Kier alpha value is -1.55. The molecule has 4 nitrogen and oxygen atoms in total. The quantitative estimate of drug-likeness (QED) is 0.820. The normalized spacial score (nSPS) is 36.4. The monoisotopic (exact) mass is 385 g/mol. The van der Waals surface area contributed by atoms with Crippen molar-refractivity contribution in [3.63, 3.8) is 0 Å². The van der Waals surface area contributed by atoms with Crippen LogP contribution in [0.2, 0.25) is 0 Å². The summed E-state index contributed by atoms with van der Waals surface area (Å²) in [7, 11) is 0. The number of fused-ring (bicyclic) bond motifs is 5. The average molecular weight is 386 g/mol. The number of phenols is 1. The minimum Gasteiger partial charge on any atom is -0.508 e. The second-order valence-electron chi connectivity index (χ2n) is 9.55. The van der Waals surface area contributed by atoms with Crippen LogP contribution in [0.5, 0.6) is 5.75 Å². The molecule has 1 amide bonds. The van der Waals surface area contributed by atoms with Gasteiger partial charge in [-0.15, -0.1) is 0 Å². The van der Waals surface area contributed by atoms with Crippen molar-refractivity contribution in [1.82, 2.24) is 4.90 Å². The molecule has 4 rings (SSSR count). The van der Waals surface area contributed by atoms with E-state index >= 15 is 0 Å². The molecule has 4 unspecified atom stereocenters. The molecule has 4 heteroatoms. The van der Waals surface area contributed by atoms with Crippen LogP contribution in [0.1, 0.15) is 69.9 Å². The number of hydrogen-bond acceptors (Lipinski definition) is 3. The molecule has 0 aliphatic heterocycles. The maximum Gasteiger partial charge on any atom is 0.222 e. The summed E-state index contributed by atoms with van der Waals surface area (Å²) in [6, 6.07) is 5.88. The van der Waals surface area contributed by atoms with Crippen LogP contribution in [-0.4, -0.2) is 40.2 Å². The SMILES string of the molecule is CCN(CC)C(=O)CC1CC2C3CCc4cc(O)ccc4C3CC[C@]2(C)[C@H]1O. The van der Waals surface area contributed by atoms with E-state index in [0.717, 1.165) is 45.2 Å². The van der Waals surface area contributed by atoms with Crippen LogP contribution in [0.3, 0.4) is 0 Å². The first-order valence-electron chi connectivity index (χ1n) is 11.2. The zero-order valence-corrected chi connectivity index (χ0v) is 17.5. The summed E-state index contributed by atoms with van der Waals surface area (Å²) in [5, 5.41) is 21.1. The topological polar surface area (TPSA) is 60.8 Å². The predicted octanol–water partition coefficient (Wildman–Crippen LogP) is 4.09. The Morgan fingerprint density at radius 1 is 1.25 bits per heavy atom. The molecule has 0 bridgehead atoms. The number of carbonyl (C=O) groups is 1. The summed E-state index contributed by atoms with van der Waals surface area (Å²) in [6.07, 6.45) is 5.34. The molecule has 0 radical (unpaired) electrons. The number of benzene rings is 1. The van der Waals surface area contributed by atoms with Crippen LogP contribution < -0.4 is 0 Å². The largest absolute Gasteiger partial charge is 0.508 e. The molecule has 154 valence electrons. The molecule has 0 saturated heterocycles. The average Bonchev–Trinajstić information content (AvgIpc) is 2.93. The third kappa shape index (κ3) is 3.04. The number of aryl methyl sites for hydroxylation is 1. The van der Waals surface area contributed by atoms with Crippen molar-refractivity contribution in [3.8, 4) is 5.75 Å². The van der Waals surface area contributed by atoms with Crippen LogP contribution in [0.15, 0.2) is 18.2 Å². The van der Waals surface area contributed by atoms with Gasteiger partial charge in [-0.1, -0.05) is 13.0 Å². The number of aliphatic hydroxyl groups is 1. The predicted molar refractivity (Wildman–Crippen MR) is 110 cm³/mol. The highest BCUT2D eigenvalue weighted by atomic mass is 16.3. The molecule has 0 heterocycles. The maximum absolute atomic E-state index is 12.7. The second-order valence-corrected chi connectivity index (χ2v) is 9.55. The van der Waals surface area contributed by atoms with Gasteiger partial charge in [-0.3, -0.25) is 4.79 Å². The van der Waals surface area contributed by atoms with Crippen LogP contribution in [0.25, 0.3) is 0 Å². The van der Waals surface area contributed by atoms with Crippen molar-refractivity contribution >= 4 is 5.91 Å². The van der Waals surface area contributed by atoms with Gasteiger partial charge in [0.1, 0.15) is 5.75 Å². The first kappa shape index (κ1) is 19.8. The van der Waals surface area contributed by atoms with Crippen LogP contribution >= 0.6 is 0 Å².